The first kappa shape index (κ1) is 53.9. The Labute approximate surface area is 382 Å². The van der Waals surface area contributed by atoms with Crippen molar-refractivity contribution in [1.82, 2.24) is 36.8 Å². The third kappa shape index (κ3) is 18.5. The predicted octanol–water partition coefficient (Wildman–Crippen LogP) is 0.0691. The van der Waals surface area contributed by atoms with Gasteiger partial charge in [0.1, 0.15) is 42.3 Å². The van der Waals surface area contributed by atoms with Crippen LogP contribution < -0.4 is 43.4 Å². The van der Waals surface area contributed by atoms with Crippen LogP contribution in [0.25, 0.3) is 0 Å². The first-order valence-electron chi connectivity index (χ1n) is 22.2. The number of carbonyl (C=O) groups is 7. The van der Waals surface area contributed by atoms with Crippen LogP contribution in [-0.4, -0.2) is 127 Å². The van der Waals surface area contributed by atoms with Crippen molar-refractivity contribution in [2.75, 3.05) is 25.9 Å². The van der Waals surface area contributed by atoms with Crippen LogP contribution in [0.4, 0.5) is 0 Å². The number of hydrogen-bond donors (Lipinski definition) is 9. The van der Waals surface area contributed by atoms with Gasteiger partial charge in [-0.1, -0.05) is 88.4 Å². The van der Waals surface area contributed by atoms with Crippen molar-refractivity contribution in [3.63, 3.8) is 0 Å². The molecule has 0 spiro atoms. The lowest BCUT2D eigenvalue weighted by atomic mass is 9.99. The number of nitrogens with zero attached hydrogens (tertiary/aromatic N) is 1. The summed E-state index contributed by atoms with van der Waals surface area (Å²) < 4.78 is 25.9. The molecule has 360 valence electrons. The minimum Gasteiger partial charge on any atom is -0.343 e. The molecule has 2 aliphatic rings. The van der Waals surface area contributed by atoms with E-state index < -0.39 is 99.7 Å². The molecule has 0 saturated carbocycles. The van der Waals surface area contributed by atoms with Crippen LogP contribution in [-0.2, 0) is 56.5 Å². The molecular formula is C45H69N9O10S. The van der Waals surface area contributed by atoms with Crippen LogP contribution >= 0.6 is 0 Å². The number of hydrogen-bond acceptors (Lipinski definition) is 11. The quantitative estimate of drug-likeness (QED) is 0.121. The summed E-state index contributed by atoms with van der Waals surface area (Å²) in [5.41, 5.74) is 13.2. The van der Waals surface area contributed by atoms with Gasteiger partial charge in [0.15, 0.2) is 0 Å². The van der Waals surface area contributed by atoms with Crippen molar-refractivity contribution >= 4 is 51.5 Å². The van der Waals surface area contributed by atoms with Crippen molar-refractivity contribution in [3.8, 4) is 0 Å². The van der Waals surface area contributed by atoms with Gasteiger partial charge in [-0.3, -0.25) is 38.1 Å². The van der Waals surface area contributed by atoms with E-state index in [1.807, 2.05) is 62.4 Å². The Hall–Kier alpha value is -5.44. The highest BCUT2D eigenvalue weighted by Crippen LogP contribution is 2.21. The van der Waals surface area contributed by atoms with Gasteiger partial charge in [0.05, 0.1) is 6.26 Å². The average Bonchev–Trinajstić information content (AvgIpc) is 3.74. The van der Waals surface area contributed by atoms with E-state index >= 15 is 0 Å². The molecule has 2 aliphatic heterocycles. The van der Waals surface area contributed by atoms with Gasteiger partial charge in [-0.05, 0) is 81.0 Å². The molecular weight excluding hydrogens is 859 g/mol. The lowest BCUT2D eigenvalue weighted by molar-refractivity contribution is -0.142. The minimum absolute atomic E-state index is 0.0628. The summed E-state index contributed by atoms with van der Waals surface area (Å²) in [4.78, 5) is 101. The van der Waals surface area contributed by atoms with Gasteiger partial charge < -0.3 is 48.3 Å². The largest absolute Gasteiger partial charge is 0.343 e. The van der Waals surface area contributed by atoms with Gasteiger partial charge in [0.2, 0.25) is 41.4 Å². The molecule has 2 fully saturated rings. The zero-order valence-corrected chi connectivity index (χ0v) is 38.9. The molecule has 20 heteroatoms. The molecule has 0 aromatic heterocycles. The van der Waals surface area contributed by atoms with Gasteiger partial charge >= 0.3 is 0 Å². The van der Waals surface area contributed by atoms with E-state index in [0.717, 1.165) is 11.1 Å². The van der Waals surface area contributed by atoms with Crippen molar-refractivity contribution in [2.24, 2.45) is 23.3 Å². The second kappa shape index (κ2) is 26.5. The summed E-state index contributed by atoms with van der Waals surface area (Å²) in [6.07, 6.45) is 2.97. The van der Waals surface area contributed by atoms with E-state index in [4.69, 9.17) is 16.0 Å². The molecule has 0 bridgehead atoms. The highest BCUT2D eigenvalue weighted by molar-refractivity contribution is 7.85. The lowest BCUT2D eigenvalue weighted by Crippen LogP contribution is -2.60. The summed E-state index contributed by atoms with van der Waals surface area (Å²) in [5.74, 6) is -4.70. The topological polar surface area (TPSA) is 301 Å². The summed E-state index contributed by atoms with van der Waals surface area (Å²) in [7, 11) is -3.67. The molecule has 2 heterocycles. The van der Waals surface area contributed by atoms with Gasteiger partial charge in [0, 0.05) is 19.4 Å². The minimum atomic E-state index is -3.67. The Bertz CT molecular complexity index is 2000. The highest BCUT2D eigenvalue weighted by Gasteiger charge is 2.41. The summed E-state index contributed by atoms with van der Waals surface area (Å²) in [6, 6.07) is 10.5. The Morgan fingerprint density at radius 1 is 0.615 bits per heavy atom. The molecule has 2 aromatic rings. The third-order valence-corrected chi connectivity index (χ3v) is 10.9. The molecule has 0 aliphatic carbocycles. The molecule has 7 atom stereocenters. The normalized spacial score (nSPS) is 24.3. The number of benzene rings is 2. The molecule has 0 radical (unpaired) electrons. The van der Waals surface area contributed by atoms with Crippen LogP contribution in [0.2, 0.25) is 0 Å². The van der Waals surface area contributed by atoms with Crippen LogP contribution in [0, 0.1) is 11.8 Å². The van der Waals surface area contributed by atoms with Crippen LogP contribution in [0.1, 0.15) is 83.8 Å². The molecule has 2 aromatic carbocycles. The lowest BCUT2D eigenvalue weighted by Gasteiger charge is -2.31. The number of nitrogens with one attached hydrogen (secondary N) is 6. The Morgan fingerprint density at radius 2 is 1.03 bits per heavy atom. The molecule has 0 unspecified atom stereocenters. The molecule has 11 N–H and O–H groups in total. The van der Waals surface area contributed by atoms with Crippen molar-refractivity contribution in [3.05, 3.63) is 71.8 Å². The van der Waals surface area contributed by atoms with Crippen LogP contribution in [0.5, 0.6) is 0 Å². The standard InChI is InChI=1S/C44H65N9O7.CH4O3S/c1-27(2)24-33-40(56)51-35(26-30-16-9-6-10-17-30)44(60)53-23-13-20-36(53)42(58)47-32(19-12-22-46)39(55)52-37(28(3)4)43(59)48-31(18-11-21-45)38(54)50-34(41(57)49-33)25-29-14-7-5-8-15-29;1-5(2,3)4/h5-10,14-17,27-28,31-37H,11-13,18-26,45-46H2,1-4H3,(H,47,58)(H,48,59)(H,49,57)(H,50,54)(H,51,56)(H,52,55);1H3,(H,2,3,4)/t31-,32+,33+,34+,35-,36-,37-;/m0./s1. The fraction of sp³-hybridized carbons (Fsp3) is 0.578. The number of fused-ring (bicyclic) bond motifs is 1. The van der Waals surface area contributed by atoms with E-state index in [-0.39, 0.29) is 57.7 Å². The van der Waals surface area contributed by atoms with Gasteiger partial charge in [-0.25, -0.2) is 0 Å². The SMILES string of the molecule is CC(C)C[C@H]1NC(=O)[C@@H](Cc2ccccc2)NC(=O)[C@H](CCCN)NC(=O)[C@H](C(C)C)NC(=O)[C@@H](CCCN)NC(=O)[C@@H]2CCCN2C(=O)[C@H](Cc2ccccc2)NC1=O.CS(=O)(=O)O. The summed E-state index contributed by atoms with van der Waals surface area (Å²) in [6.45, 7) is 7.98. The smallest absolute Gasteiger partial charge is 0.261 e. The molecule has 19 nitrogen and oxygen atoms in total. The average molecular weight is 928 g/mol. The monoisotopic (exact) mass is 927 g/mol. The van der Waals surface area contributed by atoms with Crippen LogP contribution in [0.3, 0.4) is 0 Å². The van der Waals surface area contributed by atoms with E-state index in [0.29, 0.717) is 31.9 Å². The Morgan fingerprint density at radius 3 is 1.52 bits per heavy atom. The second-order valence-corrected chi connectivity index (χ2v) is 18.8. The summed E-state index contributed by atoms with van der Waals surface area (Å²) in [5, 5.41) is 17.0. The van der Waals surface area contributed by atoms with Gasteiger partial charge in [-0.15, -0.1) is 0 Å². The maximum absolute atomic E-state index is 14.5. The first-order valence-corrected chi connectivity index (χ1v) is 24.1. The molecule has 2 saturated heterocycles. The maximum Gasteiger partial charge on any atom is 0.261 e. The molecule has 4 rings (SSSR count). The van der Waals surface area contributed by atoms with E-state index in [1.54, 1.807) is 26.0 Å². The number of carbonyl (C=O) groups excluding carboxylic acids is 7. The predicted molar refractivity (Wildman–Crippen MR) is 245 cm³/mol. The van der Waals surface area contributed by atoms with Crippen molar-refractivity contribution < 1.29 is 46.5 Å². The zero-order valence-electron chi connectivity index (χ0n) is 38.1. The summed E-state index contributed by atoms with van der Waals surface area (Å²) >= 11 is 0. The third-order valence-electron chi connectivity index (χ3n) is 10.9. The Kier molecular flexibility index (Phi) is 22.0. The highest BCUT2D eigenvalue weighted by atomic mass is 32.2. The van der Waals surface area contributed by atoms with Crippen LogP contribution in [0.15, 0.2) is 60.7 Å². The zero-order chi connectivity index (χ0) is 48.3. The van der Waals surface area contributed by atoms with Gasteiger partial charge in [-0.2, -0.15) is 8.42 Å². The Balaban J connectivity index is 0.00000212. The number of nitrogens with two attached hydrogens (primary N) is 2. The van der Waals surface area contributed by atoms with E-state index in [2.05, 4.69) is 31.9 Å². The number of amides is 7. The molecule has 7 amide bonds. The fourth-order valence-electron chi connectivity index (χ4n) is 7.63. The van der Waals surface area contributed by atoms with Crippen molar-refractivity contribution in [2.45, 2.75) is 128 Å². The fourth-order valence-corrected chi connectivity index (χ4v) is 7.63. The van der Waals surface area contributed by atoms with E-state index in [9.17, 15) is 42.0 Å². The van der Waals surface area contributed by atoms with E-state index in [1.165, 1.54) is 4.90 Å². The second-order valence-electron chi connectivity index (χ2n) is 17.3. The maximum atomic E-state index is 14.5. The van der Waals surface area contributed by atoms with Crippen molar-refractivity contribution in [1.29, 1.82) is 0 Å². The van der Waals surface area contributed by atoms with Gasteiger partial charge in [0.25, 0.3) is 10.1 Å². The number of rotatable bonds is 13. The first-order chi connectivity index (χ1) is 30.7. The molecule has 65 heavy (non-hydrogen) atoms.